The predicted molar refractivity (Wildman–Crippen MR) is 83.0 cm³/mol. The Kier molecular flexibility index (Phi) is 8.05. The molecule has 3 heteroatoms. The molecule has 1 heterocycles. The van der Waals surface area contributed by atoms with Crippen LogP contribution in [-0.2, 0) is 9.53 Å². The maximum Gasteiger partial charge on any atom is 0.330 e. The lowest BCUT2D eigenvalue weighted by atomic mass is 10.3. The zero-order chi connectivity index (χ0) is 14.5. The normalized spacial score (nSPS) is 12.7. The number of esters is 1. The van der Waals surface area contributed by atoms with Crippen molar-refractivity contribution in [2.75, 3.05) is 6.61 Å². The maximum absolute atomic E-state index is 11.0. The molecule has 0 aromatic carbocycles. The Bertz CT molecular complexity index is 517. The Morgan fingerprint density at radius 3 is 2.35 bits per heavy atom. The van der Waals surface area contributed by atoms with Crippen LogP contribution in [-0.4, -0.2) is 17.6 Å². The lowest BCUT2D eigenvalue weighted by Crippen LogP contribution is -1.98. The first-order valence-corrected chi connectivity index (χ1v) is 6.48. The third-order valence-corrected chi connectivity index (χ3v) is 2.19. The fourth-order valence-electron chi connectivity index (χ4n) is 1.32. The molecule has 104 valence electrons. The van der Waals surface area contributed by atoms with Gasteiger partial charge >= 0.3 is 5.97 Å². The van der Waals surface area contributed by atoms with Crippen molar-refractivity contribution in [2.45, 2.75) is 6.92 Å². The monoisotopic (exact) mass is 269 g/mol. The number of aromatic nitrogens is 1. The molecule has 20 heavy (non-hydrogen) atoms. The van der Waals surface area contributed by atoms with Crippen LogP contribution in [0.1, 0.15) is 12.6 Å². The highest BCUT2D eigenvalue weighted by Gasteiger charge is 1.89. The highest BCUT2D eigenvalue weighted by atomic mass is 16.5. The molecule has 0 atom stereocenters. The Morgan fingerprint density at radius 1 is 1.10 bits per heavy atom. The summed E-state index contributed by atoms with van der Waals surface area (Å²) in [5.74, 6) is -0.324. The first-order chi connectivity index (χ1) is 9.83. The van der Waals surface area contributed by atoms with E-state index >= 15 is 0 Å². The molecule has 0 saturated carbocycles. The Labute approximate surface area is 119 Å². The lowest BCUT2D eigenvalue weighted by Gasteiger charge is -1.92. The molecule has 0 aliphatic carbocycles. The molecule has 0 saturated heterocycles. The molecular weight excluding hydrogens is 250 g/mol. The van der Waals surface area contributed by atoms with E-state index < -0.39 is 0 Å². The van der Waals surface area contributed by atoms with E-state index in [1.54, 1.807) is 19.1 Å². The summed E-state index contributed by atoms with van der Waals surface area (Å²) in [6.07, 6.45) is 20.2. The van der Waals surface area contributed by atoms with Crippen molar-refractivity contribution in [2.24, 2.45) is 0 Å². The second-order valence-electron chi connectivity index (χ2n) is 3.75. The van der Waals surface area contributed by atoms with Crippen LogP contribution in [0.15, 0.2) is 73.0 Å². The van der Waals surface area contributed by atoms with Crippen LogP contribution in [0.25, 0.3) is 6.08 Å². The number of H-pyrrole nitrogens is 1. The van der Waals surface area contributed by atoms with E-state index in [-0.39, 0.29) is 5.97 Å². The third-order valence-electron chi connectivity index (χ3n) is 2.19. The molecule has 0 radical (unpaired) electrons. The van der Waals surface area contributed by atoms with Crippen LogP contribution in [0.4, 0.5) is 0 Å². The van der Waals surface area contributed by atoms with Crippen molar-refractivity contribution >= 4 is 12.0 Å². The van der Waals surface area contributed by atoms with Crippen molar-refractivity contribution < 1.29 is 9.53 Å². The second-order valence-corrected chi connectivity index (χ2v) is 3.75. The summed E-state index contributed by atoms with van der Waals surface area (Å²) in [4.78, 5) is 14.1. The third kappa shape index (κ3) is 7.71. The number of carbonyl (C=O) groups excluding carboxylic acids is 1. The largest absolute Gasteiger partial charge is 0.463 e. The number of ether oxygens (including phenoxy) is 1. The molecule has 1 aromatic rings. The molecule has 0 aliphatic rings. The van der Waals surface area contributed by atoms with Crippen LogP contribution in [0.5, 0.6) is 0 Å². The van der Waals surface area contributed by atoms with Crippen LogP contribution >= 0.6 is 0 Å². The Morgan fingerprint density at radius 2 is 1.75 bits per heavy atom. The average Bonchev–Trinajstić information content (AvgIpc) is 2.94. The van der Waals surface area contributed by atoms with Crippen molar-refractivity contribution in [1.29, 1.82) is 0 Å². The van der Waals surface area contributed by atoms with E-state index in [0.29, 0.717) is 6.61 Å². The Hall–Kier alpha value is -2.55. The minimum absolute atomic E-state index is 0.324. The van der Waals surface area contributed by atoms with Gasteiger partial charge in [-0.3, -0.25) is 0 Å². The minimum atomic E-state index is -0.324. The van der Waals surface area contributed by atoms with Gasteiger partial charge in [0.1, 0.15) is 0 Å². The number of carbonyl (C=O) groups is 1. The number of allylic oxidation sites excluding steroid dienone is 8. The molecule has 1 N–H and O–H groups in total. The summed E-state index contributed by atoms with van der Waals surface area (Å²) in [5, 5.41) is 0. The van der Waals surface area contributed by atoms with Gasteiger partial charge in [0.15, 0.2) is 0 Å². The van der Waals surface area contributed by atoms with Crippen LogP contribution < -0.4 is 0 Å². The Balaban J connectivity index is 2.22. The summed E-state index contributed by atoms with van der Waals surface area (Å²) < 4.78 is 4.75. The van der Waals surface area contributed by atoms with Gasteiger partial charge in [0, 0.05) is 18.0 Å². The molecule has 1 rings (SSSR count). The van der Waals surface area contributed by atoms with Gasteiger partial charge in [0.05, 0.1) is 6.61 Å². The molecule has 0 bridgehead atoms. The molecule has 3 nitrogen and oxygen atoms in total. The van der Waals surface area contributed by atoms with Gasteiger partial charge in [-0.1, -0.05) is 48.6 Å². The maximum atomic E-state index is 11.0. The van der Waals surface area contributed by atoms with E-state index in [9.17, 15) is 4.79 Å². The zero-order valence-corrected chi connectivity index (χ0v) is 11.5. The number of aromatic amines is 1. The van der Waals surface area contributed by atoms with Crippen molar-refractivity contribution in [3.8, 4) is 0 Å². The predicted octanol–water partition coefficient (Wildman–Crippen LogP) is 3.82. The molecule has 0 aliphatic heterocycles. The minimum Gasteiger partial charge on any atom is -0.463 e. The number of rotatable bonds is 7. The van der Waals surface area contributed by atoms with E-state index in [2.05, 4.69) is 4.98 Å². The van der Waals surface area contributed by atoms with E-state index in [0.717, 1.165) is 5.69 Å². The van der Waals surface area contributed by atoms with Crippen LogP contribution in [0.3, 0.4) is 0 Å². The van der Waals surface area contributed by atoms with Crippen LogP contribution in [0, 0.1) is 0 Å². The summed E-state index contributed by atoms with van der Waals surface area (Å²) in [6, 6.07) is 3.96. The van der Waals surface area contributed by atoms with Crippen molar-refractivity contribution in [1.82, 2.24) is 4.98 Å². The van der Waals surface area contributed by atoms with Gasteiger partial charge in [-0.15, -0.1) is 0 Å². The van der Waals surface area contributed by atoms with Gasteiger partial charge in [-0.25, -0.2) is 4.79 Å². The zero-order valence-electron chi connectivity index (χ0n) is 11.5. The molecule has 0 fully saturated rings. The first-order valence-electron chi connectivity index (χ1n) is 6.48. The van der Waals surface area contributed by atoms with Gasteiger partial charge in [0.2, 0.25) is 0 Å². The lowest BCUT2D eigenvalue weighted by molar-refractivity contribution is -0.137. The highest BCUT2D eigenvalue weighted by Crippen LogP contribution is 1.97. The SMILES string of the molecule is CCOC(=O)/C=C/C=C/C=C/C=C/C=C/c1ccc[nH]1. The van der Waals surface area contributed by atoms with E-state index in [1.807, 2.05) is 60.9 Å². The molecule has 0 spiro atoms. The van der Waals surface area contributed by atoms with Gasteiger partial charge in [0.25, 0.3) is 0 Å². The fourth-order valence-corrected chi connectivity index (χ4v) is 1.32. The summed E-state index contributed by atoms with van der Waals surface area (Å²) in [7, 11) is 0. The number of hydrogen-bond donors (Lipinski definition) is 1. The van der Waals surface area contributed by atoms with Gasteiger partial charge in [-0.05, 0) is 25.1 Å². The van der Waals surface area contributed by atoms with Gasteiger partial charge < -0.3 is 9.72 Å². The quantitative estimate of drug-likeness (QED) is 0.464. The topological polar surface area (TPSA) is 42.1 Å². The first kappa shape index (κ1) is 15.5. The fraction of sp³-hybridized carbons (Fsp3) is 0.118. The van der Waals surface area contributed by atoms with E-state index in [1.165, 1.54) is 6.08 Å². The van der Waals surface area contributed by atoms with Crippen molar-refractivity contribution in [3.63, 3.8) is 0 Å². The summed E-state index contributed by atoms with van der Waals surface area (Å²) in [6.45, 7) is 2.18. The molecule has 0 unspecified atom stereocenters. The van der Waals surface area contributed by atoms with E-state index in [4.69, 9.17) is 4.74 Å². The number of hydrogen-bond acceptors (Lipinski definition) is 2. The molecule has 0 amide bonds. The average molecular weight is 269 g/mol. The number of nitrogens with one attached hydrogen (secondary N) is 1. The summed E-state index contributed by atoms with van der Waals surface area (Å²) in [5.41, 5.74) is 1.07. The highest BCUT2D eigenvalue weighted by molar-refractivity contribution is 5.82. The van der Waals surface area contributed by atoms with Crippen LogP contribution in [0.2, 0.25) is 0 Å². The van der Waals surface area contributed by atoms with Gasteiger partial charge in [-0.2, -0.15) is 0 Å². The standard InChI is InChI=1S/C17H19NO2/c1-2-20-17(19)14-10-8-6-4-3-5-7-9-12-16-13-11-15-18-16/h3-15,18H,2H2,1H3/b4-3+,7-5+,8-6+,12-9+,14-10+. The molecular formula is C17H19NO2. The summed E-state index contributed by atoms with van der Waals surface area (Å²) >= 11 is 0. The smallest absolute Gasteiger partial charge is 0.330 e. The van der Waals surface area contributed by atoms with Crippen molar-refractivity contribution in [3.05, 3.63) is 78.7 Å². The second kappa shape index (κ2) is 10.4. The molecule has 1 aromatic heterocycles.